The van der Waals surface area contributed by atoms with Gasteiger partial charge in [-0.1, -0.05) is 36.4 Å². The maximum absolute atomic E-state index is 3.62. The molecule has 0 aliphatic carbocycles. The molecule has 2 heteroatoms. The van der Waals surface area contributed by atoms with Gasteiger partial charge in [0, 0.05) is 13.1 Å². The predicted octanol–water partition coefficient (Wildman–Crippen LogP) is 3.35. The first-order valence-corrected chi connectivity index (χ1v) is 7.00. The normalized spacial score (nSPS) is 20.1. The van der Waals surface area contributed by atoms with Gasteiger partial charge in [0.15, 0.2) is 0 Å². The minimum absolute atomic E-state index is 0.587. The van der Waals surface area contributed by atoms with Crippen LogP contribution in [0.1, 0.15) is 16.7 Å². The van der Waals surface area contributed by atoms with Crippen LogP contribution in [0.5, 0.6) is 0 Å². The number of benzene rings is 2. The van der Waals surface area contributed by atoms with E-state index in [0.29, 0.717) is 6.04 Å². The molecule has 0 aromatic heterocycles. The number of rotatable bonds is 0. The number of fused-ring (bicyclic) bond motifs is 4. The molecule has 2 heterocycles. The van der Waals surface area contributed by atoms with Gasteiger partial charge in [0.1, 0.15) is 0 Å². The molecule has 0 fully saturated rings. The molecule has 2 aromatic carbocycles. The fourth-order valence-corrected chi connectivity index (χ4v) is 3.39. The standard InChI is InChI=1S/C17H18N2/c1-12-5-4-8-16-17(12)18-10-15-9-13-6-2-3-7-14(13)11-19(15)16/h2-8,15,18H,9-11H2,1H3. The van der Waals surface area contributed by atoms with Gasteiger partial charge in [-0.3, -0.25) is 0 Å². The average molecular weight is 250 g/mol. The molecule has 0 amide bonds. The molecule has 1 atom stereocenters. The van der Waals surface area contributed by atoms with Crippen molar-refractivity contribution in [3.8, 4) is 0 Å². The Labute approximate surface area is 114 Å². The molecular formula is C17H18N2. The van der Waals surface area contributed by atoms with E-state index in [2.05, 4.69) is 59.6 Å². The highest BCUT2D eigenvalue weighted by Crippen LogP contribution is 2.38. The van der Waals surface area contributed by atoms with E-state index in [1.807, 2.05) is 0 Å². The van der Waals surface area contributed by atoms with Crippen molar-refractivity contribution < 1.29 is 0 Å². The lowest BCUT2D eigenvalue weighted by Crippen LogP contribution is -2.47. The number of aryl methyl sites for hydroxylation is 1. The van der Waals surface area contributed by atoms with Gasteiger partial charge >= 0.3 is 0 Å². The molecule has 0 bridgehead atoms. The summed E-state index contributed by atoms with van der Waals surface area (Å²) in [6.45, 7) is 4.27. The van der Waals surface area contributed by atoms with Gasteiger partial charge in [-0.2, -0.15) is 0 Å². The molecule has 1 unspecified atom stereocenters. The SMILES string of the molecule is Cc1cccc2c1NCC1Cc3ccccc3CN21. The van der Waals surface area contributed by atoms with Crippen molar-refractivity contribution in [2.45, 2.75) is 25.9 Å². The van der Waals surface area contributed by atoms with Crippen molar-refractivity contribution in [3.63, 3.8) is 0 Å². The van der Waals surface area contributed by atoms with E-state index in [-0.39, 0.29) is 0 Å². The monoisotopic (exact) mass is 250 g/mol. The second-order valence-corrected chi connectivity index (χ2v) is 5.60. The maximum atomic E-state index is 3.62. The Hall–Kier alpha value is -1.96. The van der Waals surface area contributed by atoms with E-state index in [1.54, 1.807) is 0 Å². The minimum atomic E-state index is 0.587. The summed E-state index contributed by atoms with van der Waals surface area (Å²) in [6.07, 6.45) is 1.15. The lowest BCUT2D eigenvalue weighted by atomic mass is 9.91. The van der Waals surface area contributed by atoms with Crippen molar-refractivity contribution in [1.82, 2.24) is 0 Å². The molecule has 2 aliphatic rings. The van der Waals surface area contributed by atoms with Crippen LogP contribution in [0.3, 0.4) is 0 Å². The maximum Gasteiger partial charge on any atom is 0.0611 e. The van der Waals surface area contributed by atoms with Crippen molar-refractivity contribution in [2.75, 3.05) is 16.8 Å². The molecule has 4 rings (SSSR count). The first kappa shape index (κ1) is 10.9. The van der Waals surface area contributed by atoms with Crippen molar-refractivity contribution in [1.29, 1.82) is 0 Å². The summed E-state index contributed by atoms with van der Waals surface area (Å²) >= 11 is 0. The Balaban J connectivity index is 1.80. The van der Waals surface area contributed by atoms with E-state index < -0.39 is 0 Å². The average Bonchev–Trinajstić information content (AvgIpc) is 2.45. The smallest absolute Gasteiger partial charge is 0.0611 e. The number of nitrogens with zero attached hydrogens (tertiary/aromatic N) is 1. The Kier molecular flexibility index (Phi) is 2.31. The van der Waals surface area contributed by atoms with Crippen LogP contribution in [-0.2, 0) is 13.0 Å². The van der Waals surface area contributed by atoms with Crippen LogP contribution in [0.4, 0.5) is 11.4 Å². The number of anilines is 2. The second-order valence-electron chi connectivity index (χ2n) is 5.60. The molecular weight excluding hydrogens is 232 g/mol. The lowest BCUT2D eigenvalue weighted by Gasteiger charge is -2.43. The third kappa shape index (κ3) is 1.63. The van der Waals surface area contributed by atoms with Crippen LogP contribution in [0, 0.1) is 6.92 Å². The molecule has 0 radical (unpaired) electrons. The summed E-state index contributed by atoms with van der Waals surface area (Å²) in [6, 6.07) is 16.0. The topological polar surface area (TPSA) is 15.3 Å². The predicted molar refractivity (Wildman–Crippen MR) is 79.8 cm³/mol. The fraction of sp³-hybridized carbons (Fsp3) is 0.294. The van der Waals surface area contributed by atoms with Crippen LogP contribution >= 0.6 is 0 Å². The van der Waals surface area contributed by atoms with Crippen LogP contribution < -0.4 is 10.2 Å². The lowest BCUT2D eigenvalue weighted by molar-refractivity contribution is 0.562. The summed E-state index contributed by atoms with van der Waals surface area (Å²) in [7, 11) is 0. The fourth-order valence-electron chi connectivity index (χ4n) is 3.39. The van der Waals surface area contributed by atoms with E-state index in [0.717, 1.165) is 19.5 Å². The van der Waals surface area contributed by atoms with Gasteiger partial charge in [0.25, 0.3) is 0 Å². The molecule has 0 spiro atoms. The zero-order chi connectivity index (χ0) is 12.8. The van der Waals surface area contributed by atoms with E-state index >= 15 is 0 Å². The van der Waals surface area contributed by atoms with Crippen molar-refractivity contribution in [2.24, 2.45) is 0 Å². The Morgan fingerprint density at radius 2 is 1.89 bits per heavy atom. The summed E-state index contributed by atoms with van der Waals surface area (Å²) < 4.78 is 0. The number of nitrogens with one attached hydrogen (secondary N) is 1. The molecule has 19 heavy (non-hydrogen) atoms. The van der Waals surface area contributed by atoms with Crippen LogP contribution in [0.15, 0.2) is 42.5 Å². The second kappa shape index (κ2) is 4.02. The number of hydrogen-bond donors (Lipinski definition) is 1. The van der Waals surface area contributed by atoms with Gasteiger partial charge in [-0.05, 0) is 36.1 Å². The van der Waals surface area contributed by atoms with Crippen LogP contribution in [-0.4, -0.2) is 12.6 Å². The van der Waals surface area contributed by atoms with Gasteiger partial charge in [-0.25, -0.2) is 0 Å². The highest BCUT2D eigenvalue weighted by molar-refractivity contribution is 5.76. The van der Waals surface area contributed by atoms with Crippen molar-refractivity contribution >= 4 is 11.4 Å². The van der Waals surface area contributed by atoms with E-state index in [4.69, 9.17) is 0 Å². The summed E-state index contributed by atoms with van der Waals surface area (Å²) in [4.78, 5) is 2.57. The summed E-state index contributed by atoms with van der Waals surface area (Å²) in [5.74, 6) is 0. The Bertz CT molecular complexity index is 633. The van der Waals surface area contributed by atoms with Crippen LogP contribution in [0.2, 0.25) is 0 Å². The van der Waals surface area contributed by atoms with E-state index in [9.17, 15) is 0 Å². The molecule has 0 saturated heterocycles. The molecule has 0 saturated carbocycles. The molecule has 2 aromatic rings. The summed E-state index contributed by atoms with van der Waals surface area (Å²) in [5, 5.41) is 3.62. The third-order valence-electron chi connectivity index (χ3n) is 4.43. The molecule has 96 valence electrons. The Morgan fingerprint density at radius 3 is 2.79 bits per heavy atom. The quantitative estimate of drug-likeness (QED) is 0.771. The third-order valence-corrected chi connectivity index (χ3v) is 4.43. The van der Waals surface area contributed by atoms with Crippen LogP contribution in [0.25, 0.3) is 0 Å². The molecule has 2 aliphatic heterocycles. The minimum Gasteiger partial charge on any atom is -0.381 e. The number of hydrogen-bond acceptors (Lipinski definition) is 2. The van der Waals surface area contributed by atoms with Crippen molar-refractivity contribution in [3.05, 3.63) is 59.2 Å². The van der Waals surface area contributed by atoms with E-state index in [1.165, 1.54) is 28.1 Å². The molecule has 1 N–H and O–H groups in total. The first-order chi connectivity index (χ1) is 9.33. The highest BCUT2D eigenvalue weighted by Gasteiger charge is 2.31. The molecule has 2 nitrogen and oxygen atoms in total. The number of para-hydroxylation sites is 1. The Morgan fingerprint density at radius 1 is 1.05 bits per heavy atom. The van der Waals surface area contributed by atoms with Gasteiger partial charge in [0.2, 0.25) is 0 Å². The van der Waals surface area contributed by atoms with Gasteiger partial charge in [0.05, 0.1) is 17.4 Å². The van der Waals surface area contributed by atoms with Gasteiger partial charge in [-0.15, -0.1) is 0 Å². The van der Waals surface area contributed by atoms with Gasteiger partial charge < -0.3 is 10.2 Å². The first-order valence-electron chi connectivity index (χ1n) is 7.00. The highest BCUT2D eigenvalue weighted by atomic mass is 15.2. The largest absolute Gasteiger partial charge is 0.381 e. The zero-order valence-electron chi connectivity index (χ0n) is 11.2. The zero-order valence-corrected chi connectivity index (χ0v) is 11.2. The summed E-state index contributed by atoms with van der Waals surface area (Å²) in [5.41, 5.74) is 7.02.